The molecule has 1 aromatic rings. The molecule has 0 fully saturated rings. The zero-order valence-electron chi connectivity index (χ0n) is 13.0. The van der Waals surface area contributed by atoms with E-state index in [-0.39, 0.29) is 0 Å². The molecule has 0 saturated carbocycles. The van der Waals surface area contributed by atoms with E-state index in [1.54, 1.807) is 6.08 Å². The Morgan fingerprint density at radius 1 is 1.38 bits per heavy atom. The molecule has 0 spiro atoms. The third kappa shape index (κ3) is 3.71. The fourth-order valence-corrected chi connectivity index (χ4v) is 5.43. The summed E-state index contributed by atoms with van der Waals surface area (Å²) < 4.78 is 4.72. The molecule has 0 bridgehead atoms. The van der Waals surface area contributed by atoms with Crippen molar-refractivity contribution in [2.45, 2.75) is 24.7 Å². The summed E-state index contributed by atoms with van der Waals surface area (Å²) in [4.78, 5) is 11.9. The van der Waals surface area contributed by atoms with Gasteiger partial charge in [-0.25, -0.2) is 4.79 Å². The molecule has 21 heavy (non-hydrogen) atoms. The van der Waals surface area contributed by atoms with Crippen molar-refractivity contribution in [3.8, 4) is 0 Å². The first-order valence-corrected chi connectivity index (χ1v) is 10.1. The lowest BCUT2D eigenvalue weighted by Crippen LogP contribution is -2.50. The van der Waals surface area contributed by atoms with E-state index >= 15 is 0 Å². The van der Waals surface area contributed by atoms with Crippen LogP contribution in [0, 0.1) is 5.92 Å². The van der Waals surface area contributed by atoms with Crippen molar-refractivity contribution in [2.75, 3.05) is 7.11 Å². The Balaban J connectivity index is 3.09. The average Bonchev–Trinajstić information content (AvgIpc) is 2.51. The van der Waals surface area contributed by atoms with Crippen LogP contribution in [0.15, 0.2) is 55.6 Å². The number of benzene rings is 1. The topological polar surface area (TPSA) is 46.5 Å². The number of aliphatic hydroxyl groups is 1. The molecule has 0 aromatic heterocycles. The molecular weight excluding hydrogens is 280 g/mol. The van der Waals surface area contributed by atoms with Crippen LogP contribution < -0.4 is 5.19 Å². The van der Waals surface area contributed by atoms with Crippen LogP contribution in [-0.2, 0) is 9.53 Å². The van der Waals surface area contributed by atoms with Gasteiger partial charge in [0.2, 0.25) is 0 Å². The summed E-state index contributed by atoms with van der Waals surface area (Å²) in [7, 11) is -0.574. The van der Waals surface area contributed by atoms with Crippen LogP contribution in [0.5, 0.6) is 0 Å². The quantitative estimate of drug-likeness (QED) is 0.478. The predicted octanol–water partition coefficient (Wildman–Crippen LogP) is 2.49. The van der Waals surface area contributed by atoms with Crippen molar-refractivity contribution in [1.29, 1.82) is 0 Å². The molecule has 0 amide bonds. The highest BCUT2D eigenvalue weighted by molar-refractivity contribution is 6.89. The fraction of sp³-hybridized carbons (Fsp3) is 0.353. The molecule has 1 aromatic carbocycles. The minimum absolute atomic E-state index is 0.427. The highest BCUT2D eigenvalue weighted by Crippen LogP contribution is 2.30. The number of methoxy groups -OCH3 is 1. The van der Waals surface area contributed by atoms with Gasteiger partial charge in [0.05, 0.1) is 15.2 Å². The summed E-state index contributed by atoms with van der Waals surface area (Å²) in [5.41, 5.74) is -1.73. The lowest BCUT2D eigenvalue weighted by molar-refractivity contribution is -0.160. The van der Waals surface area contributed by atoms with Crippen LogP contribution in [0.4, 0.5) is 0 Å². The van der Waals surface area contributed by atoms with Crippen molar-refractivity contribution in [3.63, 3.8) is 0 Å². The van der Waals surface area contributed by atoms with Crippen LogP contribution in [0.25, 0.3) is 0 Å². The van der Waals surface area contributed by atoms with Gasteiger partial charge in [0.1, 0.15) is 0 Å². The highest BCUT2D eigenvalue weighted by atomic mass is 28.3. The van der Waals surface area contributed by atoms with E-state index in [1.165, 1.54) is 18.4 Å². The SMILES string of the molecule is C=C[C@H](C[Si](C)(C)c1ccccc1)[C@](O)(C=C)C(=O)OC. The van der Waals surface area contributed by atoms with Crippen LogP contribution in [-0.4, -0.2) is 31.9 Å². The highest BCUT2D eigenvalue weighted by Gasteiger charge is 2.43. The molecule has 0 radical (unpaired) electrons. The number of esters is 1. The van der Waals surface area contributed by atoms with Crippen molar-refractivity contribution >= 4 is 19.2 Å². The zero-order chi connectivity index (χ0) is 16.1. The molecule has 0 unspecified atom stereocenters. The van der Waals surface area contributed by atoms with Gasteiger partial charge in [-0.3, -0.25) is 0 Å². The van der Waals surface area contributed by atoms with Crippen LogP contribution in [0.1, 0.15) is 0 Å². The van der Waals surface area contributed by atoms with Crippen molar-refractivity contribution in [2.24, 2.45) is 5.92 Å². The van der Waals surface area contributed by atoms with E-state index in [2.05, 4.69) is 38.4 Å². The summed E-state index contributed by atoms with van der Waals surface area (Å²) in [6.07, 6.45) is 2.87. The molecule has 114 valence electrons. The minimum Gasteiger partial charge on any atom is -0.467 e. The molecule has 1 rings (SSSR count). The summed E-state index contributed by atoms with van der Waals surface area (Å²) in [5.74, 6) is -1.12. The maximum atomic E-state index is 11.9. The fourth-order valence-electron chi connectivity index (χ4n) is 2.53. The molecule has 2 atom stereocenters. The second kappa shape index (κ2) is 6.87. The molecule has 0 aliphatic rings. The van der Waals surface area contributed by atoms with E-state index in [9.17, 15) is 9.90 Å². The number of ether oxygens (including phenoxy) is 1. The first kappa shape index (κ1) is 17.4. The lowest BCUT2D eigenvalue weighted by Gasteiger charge is -2.34. The Kier molecular flexibility index (Phi) is 5.69. The average molecular weight is 304 g/mol. The molecule has 3 nitrogen and oxygen atoms in total. The van der Waals surface area contributed by atoms with Crippen molar-refractivity contribution < 1.29 is 14.6 Å². The monoisotopic (exact) mass is 304 g/mol. The molecular formula is C17H24O3Si. The molecule has 0 saturated heterocycles. The van der Waals surface area contributed by atoms with Gasteiger partial charge < -0.3 is 9.84 Å². The maximum absolute atomic E-state index is 11.9. The van der Waals surface area contributed by atoms with Gasteiger partial charge in [0, 0.05) is 5.92 Å². The smallest absolute Gasteiger partial charge is 0.342 e. The van der Waals surface area contributed by atoms with Gasteiger partial charge in [-0.15, -0.1) is 6.58 Å². The second-order valence-corrected chi connectivity index (χ2v) is 10.6. The summed E-state index contributed by atoms with van der Waals surface area (Å²) in [6, 6.07) is 10.9. The van der Waals surface area contributed by atoms with Crippen molar-refractivity contribution in [1.82, 2.24) is 0 Å². The van der Waals surface area contributed by atoms with E-state index in [0.29, 0.717) is 6.04 Å². The molecule has 1 N–H and O–H groups in total. The van der Waals surface area contributed by atoms with E-state index < -0.39 is 25.6 Å². The molecule has 0 heterocycles. The van der Waals surface area contributed by atoms with E-state index in [4.69, 9.17) is 4.74 Å². The van der Waals surface area contributed by atoms with E-state index in [1.807, 2.05) is 18.2 Å². The normalized spacial score (nSPS) is 15.6. The molecule has 0 aliphatic carbocycles. The molecule has 4 heteroatoms. The summed E-state index contributed by atoms with van der Waals surface area (Å²) >= 11 is 0. The predicted molar refractivity (Wildman–Crippen MR) is 89.2 cm³/mol. The van der Waals surface area contributed by atoms with Gasteiger partial charge in [0.25, 0.3) is 0 Å². The standard InChI is InChI=1S/C17H24O3Si/c1-6-14(17(19,7-2)16(18)20-3)13-21(4,5)15-11-9-8-10-12-15/h6-12,14,19H,1-2,13H2,3-5H3/t14-,17-/m1/s1. The lowest BCUT2D eigenvalue weighted by atomic mass is 9.89. The van der Waals surface area contributed by atoms with Gasteiger partial charge in [-0.1, -0.05) is 61.3 Å². The Hall–Kier alpha value is -1.65. The first-order valence-electron chi connectivity index (χ1n) is 6.94. The number of rotatable bonds is 7. The summed E-state index contributed by atoms with van der Waals surface area (Å²) in [6.45, 7) is 11.8. The van der Waals surface area contributed by atoms with Gasteiger partial charge >= 0.3 is 5.97 Å². The van der Waals surface area contributed by atoms with Crippen LogP contribution in [0.2, 0.25) is 19.1 Å². The number of hydrogen-bond donors (Lipinski definition) is 1. The third-order valence-corrected chi connectivity index (χ3v) is 7.32. The van der Waals surface area contributed by atoms with E-state index in [0.717, 1.165) is 0 Å². The maximum Gasteiger partial charge on any atom is 0.342 e. The Morgan fingerprint density at radius 2 is 1.95 bits per heavy atom. The Bertz CT molecular complexity index is 510. The number of carbonyl (C=O) groups is 1. The van der Waals surface area contributed by atoms with Gasteiger partial charge in [-0.2, -0.15) is 0 Å². The zero-order valence-corrected chi connectivity index (χ0v) is 14.0. The Morgan fingerprint density at radius 3 is 2.38 bits per heavy atom. The largest absolute Gasteiger partial charge is 0.467 e. The first-order chi connectivity index (χ1) is 9.81. The second-order valence-electron chi connectivity index (χ2n) is 5.82. The summed E-state index contributed by atoms with van der Waals surface area (Å²) in [5, 5.41) is 11.9. The third-order valence-electron chi connectivity index (χ3n) is 3.96. The number of hydrogen-bond acceptors (Lipinski definition) is 3. The number of carbonyl (C=O) groups excluding carboxylic acids is 1. The van der Waals surface area contributed by atoms with Crippen LogP contribution >= 0.6 is 0 Å². The van der Waals surface area contributed by atoms with Crippen LogP contribution in [0.3, 0.4) is 0 Å². The van der Waals surface area contributed by atoms with Crippen molar-refractivity contribution in [3.05, 3.63) is 55.6 Å². The minimum atomic E-state index is -1.83. The van der Waals surface area contributed by atoms with Gasteiger partial charge in [0.15, 0.2) is 5.60 Å². The Labute approximate surface area is 128 Å². The molecule has 0 aliphatic heterocycles. The van der Waals surface area contributed by atoms with Gasteiger partial charge in [-0.05, 0) is 12.1 Å².